The largest absolute Gasteiger partial charge is 0.478 e. The van der Waals surface area contributed by atoms with E-state index in [4.69, 9.17) is 28.3 Å². The van der Waals surface area contributed by atoms with Crippen molar-refractivity contribution in [3.05, 3.63) is 85.9 Å². The number of aromatic nitrogens is 2. The second kappa shape index (κ2) is 9.91. The van der Waals surface area contributed by atoms with Crippen LogP contribution in [0.3, 0.4) is 0 Å². The molecular formula is C21H18Cl2F3N3O3. The maximum absolute atomic E-state index is 14.2. The van der Waals surface area contributed by atoms with Crippen molar-refractivity contribution < 1.29 is 28.2 Å². The molecule has 0 aliphatic carbocycles. The van der Waals surface area contributed by atoms with Crippen molar-refractivity contribution in [3.8, 4) is 0 Å². The van der Waals surface area contributed by atoms with Crippen LogP contribution in [0.1, 0.15) is 51.1 Å². The van der Waals surface area contributed by atoms with Gasteiger partial charge in [-0.25, -0.2) is 18.0 Å². The van der Waals surface area contributed by atoms with Crippen LogP contribution in [0.4, 0.5) is 13.2 Å². The van der Waals surface area contributed by atoms with Crippen molar-refractivity contribution >= 4 is 29.2 Å². The number of hydrogen-bond acceptors (Lipinski definition) is 4. The fourth-order valence-electron chi connectivity index (χ4n) is 3.27. The number of halogens is 5. The first kappa shape index (κ1) is 24.1. The molecule has 0 amide bonds. The highest BCUT2D eigenvalue weighted by molar-refractivity contribution is 6.42. The molecule has 0 spiro atoms. The second-order valence-electron chi connectivity index (χ2n) is 6.99. The predicted molar refractivity (Wildman–Crippen MR) is 113 cm³/mol. The van der Waals surface area contributed by atoms with Crippen LogP contribution in [0.15, 0.2) is 36.4 Å². The highest BCUT2D eigenvalue weighted by Crippen LogP contribution is 2.31. The zero-order chi connectivity index (χ0) is 23.6. The molecule has 1 atom stereocenters. The Bertz CT molecular complexity index is 1150. The third kappa shape index (κ3) is 5.24. The molecule has 0 aliphatic heterocycles. The van der Waals surface area contributed by atoms with E-state index in [1.807, 2.05) is 0 Å². The van der Waals surface area contributed by atoms with Gasteiger partial charge >= 0.3 is 5.97 Å². The summed E-state index contributed by atoms with van der Waals surface area (Å²) in [6, 6.07) is 8.09. The minimum absolute atomic E-state index is 0.0579. The number of aliphatic hydroxyl groups excluding tert-OH is 1. The van der Waals surface area contributed by atoms with Gasteiger partial charge < -0.3 is 10.2 Å². The smallest absolute Gasteiger partial charge is 0.335 e. The maximum atomic E-state index is 14.2. The molecule has 11 heteroatoms. The van der Waals surface area contributed by atoms with Gasteiger partial charge in [-0.05, 0) is 29.8 Å². The third-order valence-electron chi connectivity index (χ3n) is 4.83. The van der Waals surface area contributed by atoms with Crippen molar-refractivity contribution in [3.63, 3.8) is 0 Å². The molecule has 1 aromatic heterocycles. The summed E-state index contributed by atoms with van der Waals surface area (Å²) in [5.41, 5.74) is 0.0355. The van der Waals surface area contributed by atoms with Gasteiger partial charge in [-0.2, -0.15) is 5.10 Å². The standard InChI is InChI=1S/C21H18Cl2F3N3O3/c1-29-18(19(25)26)17(16(28-29)7-10-2-5-13(22)14(23)6-10)20(30)27-9-12-4-3-11(21(31)32)8-15(12)24/h2-6,8,19-20,27,30H,7,9H2,1H3,(H,31,32). The fraction of sp³-hybridized carbons (Fsp3) is 0.238. The Hall–Kier alpha value is -2.59. The molecule has 3 aromatic rings. The molecule has 32 heavy (non-hydrogen) atoms. The average molecular weight is 488 g/mol. The number of hydrogen-bond donors (Lipinski definition) is 3. The van der Waals surface area contributed by atoms with E-state index < -0.39 is 30.1 Å². The Balaban J connectivity index is 1.88. The lowest BCUT2D eigenvalue weighted by Crippen LogP contribution is -2.23. The Morgan fingerprint density at radius 2 is 1.91 bits per heavy atom. The van der Waals surface area contributed by atoms with Crippen molar-refractivity contribution in [2.24, 2.45) is 7.05 Å². The first-order valence-electron chi connectivity index (χ1n) is 9.29. The van der Waals surface area contributed by atoms with Crippen LogP contribution >= 0.6 is 23.2 Å². The Kier molecular flexibility index (Phi) is 7.45. The predicted octanol–water partition coefficient (Wildman–Crippen LogP) is 4.87. The van der Waals surface area contributed by atoms with E-state index in [0.717, 1.165) is 10.7 Å². The van der Waals surface area contributed by atoms with Gasteiger partial charge in [0.25, 0.3) is 6.43 Å². The topological polar surface area (TPSA) is 87.4 Å². The first-order chi connectivity index (χ1) is 15.1. The summed E-state index contributed by atoms with van der Waals surface area (Å²) in [7, 11) is 1.33. The summed E-state index contributed by atoms with van der Waals surface area (Å²) >= 11 is 11.9. The summed E-state index contributed by atoms with van der Waals surface area (Å²) in [5.74, 6) is -2.09. The molecule has 3 N–H and O–H groups in total. The molecule has 0 bridgehead atoms. The number of carboxylic acids is 1. The highest BCUT2D eigenvalue weighted by atomic mass is 35.5. The van der Waals surface area contributed by atoms with Gasteiger partial charge in [0, 0.05) is 31.1 Å². The molecule has 0 fully saturated rings. The van der Waals surface area contributed by atoms with Crippen molar-refractivity contribution in [1.82, 2.24) is 15.1 Å². The SMILES string of the molecule is Cn1nc(Cc2ccc(Cl)c(Cl)c2)c(C(O)NCc2ccc(C(=O)O)cc2F)c1C(F)F. The Morgan fingerprint density at radius 3 is 2.50 bits per heavy atom. The van der Waals surface area contributed by atoms with Gasteiger partial charge in [-0.15, -0.1) is 0 Å². The minimum Gasteiger partial charge on any atom is -0.478 e. The summed E-state index contributed by atoms with van der Waals surface area (Å²) in [6.45, 7) is -0.239. The molecule has 0 saturated carbocycles. The number of carboxylic acid groups (broad SMARTS) is 1. The lowest BCUT2D eigenvalue weighted by molar-refractivity contribution is 0.0696. The van der Waals surface area contributed by atoms with Crippen LogP contribution in [-0.2, 0) is 20.0 Å². The van der Waals surface area contributed by atoms with Crippen molar-refractivity contribution in [1.29, 1.82) is 0 Å². The molecule has 6 nitrogen and oxygen atoms in total. The summed E-state index contributed by atoms with van der Waals surface area (Å²) < 4.78 is 42.6. The van der Waals surface area contributed by atoms with Gasteiger partial charge in [0.15, 0.2) is 0 Å². The number of benzene rings is 2. The average Bonchev–Trinajstić information content (AvgIpc) is 3.05. The molecule has 0 saturated heterocycles. The number of aromatic carboxylic acids is 1. The number of rotatable bonds is 8. The molecule has 1 unspecified atom stereocenters. The third-order valence-corrected chi connectivity index (χ3v) is 5.57. The number of carbonyl (C=O) groups is 1. The Labute approximate surface area is 191 Å². The van der Waals surface area contributed by atoms with Crippen LogP contribution in [0.2, 0.25) is 10.0 Å². The minimum atomic E-state index is -2.92. The lowest BCUT2D eigenvalue weighted by Gasteiger charge is -2.16. The number of aryl methyl sites for hydroxylation is 1. The molecule has 3 rings (SSSR count). The molecule has 1 heterocycles. The van der Waals surface area contributed by atoms with E-state index in [-0.39, 0.29) is 40.4 Å². The van der Waals surface area contributed by atoms with Gasteiger partial charge in [0.05, 0.1) is 21.3 Å². The Morgan fingerprint density at radius 1 is 1.19 bits per heavy atom. The zero-order valence-corrected chi connectivity index (χ0v) is 18.1. The number of aliphatic hydroxyl groups is 1. The first-order valence-corrected chi connectivity index (χ1v) is 10.0. The molecule has 0 aliphatic rings. The van der Waals surface area contributed by atoms with E-state index in [2.05, 4.69) is 10.4 Å². The highest BCUT2D eigenvalue weighted by Gasteiger charge is 2.28. The second-order valence-corrected chi connectivity index (χ2v) is 7.80. The van der Waals surface area contributed by atoms with E-state index >= 15 is 0 Å². The van der Waals surface area contributed by atoms with Crippen LogP contribution in [0.5, 0.6) is 0 Å². The van der Waals surface area contributed by atoms with Gasteiger partial charge in [0.1, 0.15) is 17.7 Å². The van der Waals surface area contributed by atoms with Gasteiger partial charge in [0.2, 0.25) is 0 Å². The monoisotopic (exact) mass is 487 g/mol. The number of alkyl halides is 2. The van der Waals surface area contributed by atoms with E-state index in [1.54, 1.807) is 18.2 Å². The van der Waals surface area contributed by atoms with E-state index in [0.29, 0.717) is 10.6 Å². The fourth-order valence-corrected chi connectivity index (χ4v) is 3.59. The summed E-state index contributed by atoms with van der Waals surface area (Å²) in [6.07, 6.45) is -4.43. The van der Waals surface area contributed by atoms with Crippen LogP contribution < -0.4 is 5.32 Å². The molecule has 170 valence electrons. The van der Waals surface area contributed by atoms with E-state index in [1.165, 1.54) is 19.2 Å². The summed E-state index contributed by atoms with van der Waals surface area (Å²) in [4.78, 5) is 10.9. The van der Waals surface area contributed by atoms with E-state index in [9.17, 15) is 23.1 Å². The van der Waals surface area contributed by atoms with Gasteiger partial charge in [-0.1, -0.05) is 35.3 Å². The molecule has 0 radical (unpaired) electrons. The van der Waals surface area contributed by atoms with Gasteiger partial charge in [-0.3, -0.25) is 10.00 Å². The van der Waals surface area contributed by atoms with Crippen molar-refractivity contribution in [2.75, 3.05) is 0 Å². The molecular weight excluding hydrogens is 470 g/mol. The van der Waals surface area contributed by atoms with Crippen LogP contribution in [0.25, 0.3) is 0 Å². The normalized spacial score (nSPS) is 12.4. The summed E-state index contributed by atoms with van der Waals surface area (Å²) in [5, 5.41) is 26.9. The molecule has 2 aromatic carbocycles. The van der Waals surface area contributed by atoms with Crippen molar-refractivity contribution in [2.45, 2.75) is 25.6 Å². The lowest BCUT2D eigenvalue weighted by atomic mass is 10.0. The zero-order valence-electron chi connectivity index (χ0n) is 16.6. The van der Waals surface area contributed by atoms with Crippen LogP contribution in [-0.4, -0.2) is 26.0 Å². The van der Waals surface area contributed by atoms with Crippen LogP contribution in [0, 0.1) is 5.82 Å². The quantitative estimate of drug-likeness (QED) is 0.394. The maximum Gasteiger partial charge on any atom is 0.335 e. The number of nitrogens with one attached hydrogen (secondary N) is 1. The number of nitrogens with zero attached hydrogens (tertiary/aromatic N) is 2.